The van der Waals surface area contributed by atoms with Gasteiger partial charge in [0.1, 0.15) is 0 Å². The van der Waals surface area contributed by atoms with Gasteiger partial charge in [-0.15, -0.1) is 0 Å². The van der Waals surface area contributed by atoms with Crippen LogP contribution < -0.4 is 5.32 Å². The van der Waals surface area contributed by atoms with E-state index >= 15 is 0 Å². The first-order valence-electron chi connectivity index (χ1n) is 6.16. The standard InChI is InChI=1S/C14H24N2/c1-12(2)16(13(3)4)11-10-15-14-8-6-5-7-9-14/h5-9,12-13,15H,10-11H2,1-4H3. The molecule has 1 aromatic carbocycles. The van der Waals surface area contributed by atoms with Gasteiger partial charge in [0.2, 0.25) is 0 Å². The predicted molar refractivity (Wildman–Crippen MR) is 71.9 cm³/mol. The second-order valence-electron chi connectivity index (χ2n) is 4.72. The average Bonchev–Trinajstić information content (AvgIpc) is 2.24. The fourth-order valence-corrected chi connectivity index (χ4v) is 2.00. The summed E-state index contributed by atoms with van der Waals surface area (Å²) in [5, 5.41) is 3.44. The molecule has 1 N–H and O–H groups in total. The van der Waals surface area contributed by atoms with Crippen molar-refractivity contribution in [2.45, 2.75) is 39.8 Å². The zero-order valence-corrected chi connectivity index (χ0v) is 10.9. The van der Waals surface area contributed by atoms with Crippen molar-refractivity contribution >= 4 is 5.69 Å². The molecule has 0 saturated heterocycles. The summed E-state index contributed by atoms with van der Waals surface area (Å²) in [6.07, 6.45) is 0. The second-order valence-corrected chi connectivity index (χ2v) is 4.72. The second kappa shape index (κ2) is 6.54. The van der Waals surface area contributed by atoms with Crippen molar-refractivity contribution in [1.82, 2.24) is 4.90 Å². The van der Waals surface area contributed by atoms with Crippen LogP contribution in [0.2, 0.25) is 0 Å². The van der Waals surface area contributed by atoms with E-state index in [2.05, 4.69) is 62.2 Å². The van der Waals surface area contributed by atoms with Crippen molar-refractivity contribution in [2.75, 3.05) is 18.4 Å². The van der Waals surface area contributed by atoms with Crippen LogP contribution in [0.1, 0.15) is 27.7 Å². The minimum atomic E-state index is 0.609. The molecule has 0 aliphatic rings. The molecule has 1 aromatic rings. The summed E-state index contributed by atoms with van der Waals surface area (Å²) in [5.74, 6) is 0. The molecule has 0 spiro atoms. The summed E-state index contributed by atoms with van der Waals surface area (Å²) >= 11 is 0. The van der Waals surface area contributed by atoms with E-state index in [4.69, 9.17) is 0 Å². The Morgan fingerprint density at radius 1 is 1.00 bits per heavy atom. The number of nitrogens with zero attached hydrogens (tertiary/aromatic N) is 1. The topological polar surface area (TPSA) is 15.3 Å². The largest absolute Gasteiger partial charge is 0.384 e. The van der Waals surface area contributed by atoms with E-state index in [1.807, 2.05) is 6.07 Å². The normalized spacial score (nSPS) is 11.4. The third-order valence-corrected chi connectivity index (χ3v) is 2.80. The van der Waals surface area contributed by atoms with Gasteiger partial charge in [0.05, 0.1) is 0 Å². The Hall–Kier alpha value is -1.02. The van der Waals surface area contributed by atoms with Gasteiger partial charge in [-0.25, -0.2) is 0 Å². The number of para-hydroxylation sites is 1. The molecule has 0 heterocycles. The maximum atomic E-state index is 3.44. The molecule has 0 radical (unpaired) electrons. The Balaban J connectivity index is 2.34. The smallest absolute Gasteiger partial charge is 0.0340 e. The van der Waals surface area contributed by atoms with Gasteiger partial charge in [-0.1, -0.05) is 18.2 Å². The zero-order valence-electron chi connectivity index (χ0n) is 10.9. The average molecular weight is 220 g/mol. The quantitative estimate of drug-likeness (QED) is 0.792. The molecular formula is C14H24N2. The van der Waals surface area contributed by atoms with Crippen LogP contribution in [0.5, 0.6) is 0 Å². The molecule has 2 heteroatoms. The van der Waals surface area contributed by atoms with E-state index in [-0.39, 0.29) is 0 Å². The van der Waals surface area contributed by atoms with Crippen molar-refractivity contribution in [3.63, 3.8) is 0 Å². The van der Waals surface area contributed by atoms with E-state index in [0.717, 1.165) is 13.1 Å². The minimum Gasteiger partial charge on any atom is -0.384 e. The molecule has 0 bridgehead atoms. The summed E-state index contributed by atoms with van der Waals surface area (Å²) in [6, 6.07) is 11.6. The molecule has 0 aliphatic heterocycles. The fraction of sp³-hybridized carbons (Fsp3) is 0.571. The minimum absolute atomic E-state index is 0.609. The lowest BCUT2D eigenvalue weighted by Crippen LogP contribution is -2.40. The van der Waals surface area contributed by atoms with Crippen LogP contribution >= 0.6 is 0 Å². The van der Waals surface area contributed by atoms with Crippen molar-refractivity contribution in [1.29, 1.82) is 0 Å². The summed E-state index contributed by atoms with van der Waals surface area (Å²) in [4.78, 5) is 2.50. The lowest BCUT2D eigenvalue weighted by molar-refractivity contribution is 0.182. The third-order valence-electron chi connectivity index (χ3n) is 2.80. The Kier molecular flexibility index (Phi) is 5.33. The first kappa shape index (κ1) is 13.0. The van der Waals surface area contributed by atoms with Crippen LogP contribution in [0.15, 0.2) is 30.3 Å². The molecule has 2 nitrogen and oxygen atoms in total. The molecule has 16 heavy (non-hydrogen) atoms. The Bertz CT molecular complexity index is 272. The van der Waals surface area contributed by atoms with Crippen LogP contribution in [0, 0.1) is 0 Å². The molecule has 0 amide bonds. The van der Waals surface area contributed by atoms with Crippen LogP contribution in [0.4, 0.5) is 5.69 Å². The van der Waals surface area contributed by atoms with Crippen LogP contribution in [0.3, 0.4) is 0 Å². The van der Waals surface area contributed by atoms with Crippen LogP contribution in [-0.2, 0) is 0 Å². The first-order valence-corrected chi connectivity index (χ1v) is 6.16. The predicted octanol–water partition coefficient (Wildman–Crippen LogP) is 3.22. The summed E-state index contributed by atoms with van der Waals surface area (Å²) in [7, 11) is 0. The summed E-state index contributed by atoms with van der Waals surface area (Å²) in [6.45, 7) is 11.1. The number of hydrogen-bond acceptors (Lipinski definition) is 2. The Labute approximate surface area is 99.7 Å². The van der Waals surface area contributed by atoms with Crippen LogP contribution in [-0.4, -0.2) is 30.1 Å². The van der Waals surface area contributed by atoms with Crippen molar-refractivity contribution in [3.8, 4) is 0 Å². The fourth-order valence-electron chi connectivity index (χ4n) is 2.00. The number of nitrogens with one attached hydrogen (secondary N) is 1. The van der Waals surface area contributed by atoms with E-state index in [0.29, 0.717) is 12.1 Å². The first-order chi connectivity index (χ1) is 7.61. The van der Waals surface area contributed by atoms with Crippen LogP contribution in [0.25, 0.3) is 0 Å². The zero-order chi connectivity index (χ0) is 12.0. The van der Waals surface area contributed by atoms with E-state index in [1.165, 1.54) is 5.69 Å². The number of hydrogen-bond donors (Lipinski definition) is 1. The molecule has 1 rings (SSSR count). The molecule has 0 unspecified atom stereocenters. The SMILES string of the molecule is CC(C)N(CCNc1ccccc1)C(C)C. The Morgan fingerprint density at radius 3 is 2.06 bits per heavy atom. The monoisotopic (exact) mass is 220 g/mol. The van der Waals surface area contributed by atoms with Gasteiger partial charge >= 0.3 is 0 Å². The van der Waals surface area contributed by atoms with E-state index in [9.17, 15) is 0 Å². The molecular weight excluding hydrogens is 196 g/mol. The highest BCUT2D eigenvalue weighted by atomic mass is 15.2. The highest BCUT2D eigenvalue weighted by molar-refractivity contribution is 5.42. The van der Waals surface area contributed by atoms with Gasteiger partial charge in [0.15, 0.2) is 0 Å². The number of rotatable bonds is 6. The van der Waals surface area contributed by atoms with Gasteiger partial charge in [-0.3, -0.25) is 4.90 Å². The van der Waals surface area contributed by atoms with Gasteiger partial charge < -0.3 is 5.32 Å². The number of anilines is 1. The maximum absolute atomic E-state index is 3.44. The van der Waals surface area contributed by atoms with E-state index < -0.39 is 0 Å². The van der Waals surface area contributed by atoms with Gasteiger partial charge in [-0.2, -0.15) is 0 Å². The summed E-state index contributed by atoms with van der Waals surface area (Å²) in [5.41, 5.74) is 1.20. The number of benzene rings is 1. The lowest BCUT2D eigenvalue weighted by Gasteiger charge is -2.30. The molecule has 90 valence electrons. The highest BCUT2D eigenvalue weighted by Crippen LogP contribution is 2.07. The lowest BCUT2D eigenvalue weighted by atomic mass is 10.2. The molecule has 0 saturated carbocycles. The van der Waals surface area contributed by atoms with Crippen molar-refractivity contribution < 1.29 is 0 Å². The molecule has 0 aromatic heterocycles. The maximum Gasteiger partial charge on any atom is 0.0340 e. The third kappa shape index (κ3) is 4.23. The summed E-state index contributed by atoms with van der Waals surface area (Å²) < 4.78 is 0. The molecule has 0 aliphatic carbocycles. The van der Waals surface area contributed by atoms with Gasteiger partial charge in [0, 0.05) is 30.9 Å². The Morgan fingerprint density at radius 2 is 1.56 bits per heavy atom. The van der Waals surface area contributed by atoms with Crippen molar-refractivity contribution in [2.24, 2.45) is 0 Å². The highest BCUT2D eigenvalue weighted by Gasteiger charge is 2.11. The van der Waals surface area contributed by atoms with Gasteiger partial charge in [0.25, 0.3) is 0 Å². The molecule has 0 atom stereocenters. The van der Waals surface area contributed by atoms with Crippen molar-refractivity contribution in [3.05, 3.63) is 30.3 Å². The molecule has 0 fully saturated rings. The van der Waals surface area contributed by atoms with E-state index in [1.54, 1.807) is 0 Å². The van der Waals surface area contributed by atoms with Gasteiger partial charge in [-0.05, 0) is 39.8 Å².